The molecule has 5 N–H and O–H groups in total. The molecule has 0 aliphatic carbocycles. The highest BCUT2D eigenvalue weighted by molar-refractivity contribution is 5.86. The Morgan fingerprint density at radius 3 is 2.08 bits per heavy atom. The lowest BCUT2D eigenvalue weighted by Gasteiger charge is -1.95. The van der Waals surface area contributed by atoms with E-state index >= 15 is 0 Å². The molecule has 0 spiro atoms. The highest BCUT2D eigenvalue weighted by Gasteiger charge is 1.87. The van der Waals surface area contributed by atoms with Gasteiger partial charge in [0.25, 0.3) is 0 Å². The molecule has 0 aromatic rings. The minimum absolute atomic E-state index is 0.128. The summed E-state index contributed by atoms with van der Waals surface area (Å²) in [6.07, 6.45) is 3.81. The molecule has 0 saturated carbocycles. The maximum atomic E-state index is 10.4. The fourth-order valence-corrected chi connectivity index (χ4v) is 0.370. The molecule has 0 saturated heterocycles. The van der Waals surface area contributed by atoms with Crippen LogP contribution < -0.4 is 16.8 Å². The van der Waals surface area contributed by atoms with Gasteiger partial charge in [-0.3, -0.25) is 4.79 Å². The van der Waals surface area contributed by atoms with Gasteiger partial charge in [0, 0.05) is 6.54 Å². The molecule has 74 valence electrons. The van der Waals surface area contributed by atoms with E-state index in [0.717, 1.165) is 6.42 Å². The standard InChI is InChI=1S/C7H11NO.CH4N2O/c1-3-5-6-8-7(9)4-2;2-1(3)4/h3-4H,1-2,5-6H2,(H,8,9);(H4,2,3,4). The summed E-state index contributed by atoms with van der Waals surface area (Å²) in [5.41, 5.74) is 8.50. The minimum atomic E-state index is -0.833. The van der Waals surface area contributed by atoms with Gasteiger partial charge in [0.1, 0.15) is 0 Å². The molecule has 0 atom stereocenters. The van der Waals surface area contributed by atoms with Crippen molar-refractivity contribution in [3.05, 3.63) is 25.3 Å². The number of nitrogens with two attached hydrogens (primary N) is 2. The minimum Gasteiger partial charge on any atom is -0.352 e. The second-order valence-electron chi connectivity index (χ2n) is 1.97. The van der Waals surface area contributed by atoms with Crippen LogP contribution in [-0.2, 0) is 4.79 Å². The van der Waals surface area contributed by atoms with Crippen LogP contribution in [0, 0.1) is 0 Å². The van der Waals surface area contributed by atoms with Crippen molar-refractivity contribution in [1.29, 1.82) is 0 Å². The highest BCUT2D eigenvalue weighted by Crippen LogP contribution is 1.74. The second kappa shape index (κ2) is 10.2. The number of urea groups is 1. The van der Waals surface area contributed by atoms with Gasteiger partial charge in [-0.1, -0.05) is 12.7 Å². The fraction of sp³-hybridized carbons (Fsp3) is 0.250. The van der Waals surface area contributed by atoms with E-state index in [2.05, 4.69) is 29.9 Å². The molecule has 3 amide bonds. The average molecular weight is 185 g/mol. The zero-order chi connectivity index (χ0) is 10.7. The quantitative estimate of drug-likeness (QED) is 0.323. The third-order valence-electron chi connectivity index (χ3n) is 0.833. The molecule has 0 rings (SSSR count). The van der Waals surface area contributed by atoms with E-state index in [1.165, 1.54) is 6.08 Å². The van der Waals surface area contributed by atoms with Gasteiger partial charge in [-0.15, -0.1) is 6.58 Å². The molecule has 0 aromatic carbocycles. The third-order valence-corrected chi connectivity index (χ3v) is 0.833. The zero-order valence-electron chi connectivity index (χ0n) is 7.45. The average Bonchev–Trinajstić information content (AvgIpc) is 2.03. The van der Waals surface area contributed by atoms with Gasteiger partial charge in [0.15, 0.2) is 0 Å². The fourth-order valence-electron chi connectivity index (χ4n) is 0.370. The van der Waals surface area contributed by atoms with Gasteiger partial charge < -0.3 is 16.8 Å². The van der Waals surface area contributed by atoms with Crippen molar-refractivity contribution in [2.75, 3.05) is 6.54 Å². The van der Waals surface area contributed by atoms with Gasteiger partial charge in [-0.25, -0.2) is 4.79 Å². The molecule has 0 aromatic heterocycles. The topological polar surface area (TPSA) is 98.2 Å². The Bertz CT molecular complexity index is 186. The van der Waals surface area contributed by atoms with E-state index in [1.54, 1.807) is 6.08 Å². The maximum absolute atomic E-state index is 10.4. The van der Waals surface area contributed by atoms with Crippen molar-refractivity contribution >= 4 is 11.9 Å². The van der Waals surface area contributed by atoms with Crippen LogP contribution in [0.1, 0.15) is 6.42 Å². The molecule has 0 radical (unpaired) electrons. The molecular formula is C8H15N3O2. The van der Waals surface area contributed by atoms with E-state index in [9.17, 15) is 4.79 Å². The summed E-state index contributed by atoms with van der Waals surface area (Å²) >= 11 is 0. The first-order chi connectivity index (χ1) is 6.04. The summed E-state index contributed by atoms with van der Waals surface area (Å²) in [7, 11) is 0. The van der Waals surface area contributed by atoms with Gasteiger partial charge in [0.05, 0.1) is 0 Å². The second-order valence-corrected chi connectivity index (χ2v) is 1.97. The molecule has 5 nitrogen and oxygen atoms in total. The SMILES string of the molecule is C=CCCNC(=O)C=C.NC(N)=O. The van der Waals surface area contributed by atoms with Crippen molar-refractivity contribution in [2.45, 2.75) is 6.42 Å². The number of amides is 3. The number of rotatable bonds is 4. The van der Waals surface area contributed by atoms with Crippen LogP contribution in [0.15, 0.2) is 25.3 Å². The van der Waals surface area contributed by atoms with Gasteiger partial charge in [-0.05, 0) is 12.5 Å². The summed E-state index contributed by atoms with van der Waals surface area (Å²) in [5, 5.41) is 2.60. The van der Waals surface area contributed by atoms with E-state index in [1.807, 2.05) is 0 Å². The van der Waals surface area contributed by atoms with Crippen LogP contribution >= 0.6 is 0 Å². The molecular weight excluding hydrogens is 170 g/mol. The normalized spacial score (nSPS) is 7.38. The Labute approximate surface area is 77.5 Å². The molecule has 13 heavy (non-hydrogen) atoms. The Morgan fingerprint density at radius 1 is 1.31 bits per heavy atom. The van der Waals surface area contributed by atoms with Crippen molar-refractivity contribution in [3.63, 3.8) is 0 Å². The number of carbonyl (C=O) groups excluding carboxylic acids is 2. The first-order valence-corrected chi connectivity index (χ1v) is 3.60. The lowest BCUT2D eigenvalue weighted by atomic mass is 10.4. The van der Waals surface area contributed by atoms with Crippen LogP contribution in [0.2, 0.25) is 0 Å². The summed E-state index contributed by atoms with van der Waals surface area (Å²) in [4.78, 5) is 19.4. The highest BCUT2D eigenvalue weighted by atomic mass is 16.2. The summed E-state index contributed by atoms with van der Waals surface area (Å²) < 4.78 is 0. The number of hydrogen-bond donors (Lipinski definition) is 3. The molecule has 0 unspecified atom stereocenters. The van der Waals surface area contributed by atoms with Crippen molar-refractivity contribution in [1.82, 2.24) is 5.32 Å². The van der Waals surface area contributed by atoms with Gasteiger partial charge >= 0.3 is 6.03 Å². The molecule has 0 aliphatic heterocycles. The van der Waals surface area contributed by atoms with Gasteiger partial charge in [-0.2, -0.15) is 0 Å². The van der Waals surface area contributed by atoms with Gasteiger partial charge in [0.2, 0.25) is 5.91 Å². The molecule has 0 fully saturated rings. The molecule has 5 heteroatoms. The van der Waals surface area contributed by atoms with Crippen LogP contribution in [0.3, 0.4) is 0 Å². The summed E-state index contributed by atoms with van der Waals surface area (Å²) in [5.74, 6) is -0.128. The Balaban J connectivity index is 0. The van der Waals surface area contributed by atoms with E-state index < -0.39 is 6.03 Å². The van der Waals surface area contributed by atoms with Crippen LogP contribution in [-0.4, -0.2) is 18.5 Å². The van der Waals surface area contributed by atoms with Crippen molar-refractivity contribution in [3.8, 4) is 0 Å². The lowest BCUT2D eigenvalue weighted by molar-refractivity contribution is -0.116. The molecule has 0 aliphatic rings. The lowest BCUT2D eigenvalue weighted by Crippen LogP contribution is -2.21. The molecule has 0 bridgehead atoms. The number of nitrogens with one attached hydrogen (secondary N) is 1. The van der Waals surface area contributed by atoms with Crippen LogP contribution in [0.25, 0.3) is 0 Å². The molecule has 0 heterocycles. The van der Waals surface area contributed by atoms with Crippen molar-refractivity contribution in [2.24, 2.45) is 11.5 Å². The first kappa shape index (κ1) is 13.8. The Kier molecular flexibility index (Phi) is 10.8. The summed E-state index contributed by atoms with van der Waals surface area (Å²) in [6, 6.07) is -0.833. The number of carbonyl (C=O) groups is 2. The monoisotopic (exact) mass is 185 g/mol. The summed E-state index contributed by atoms with van der Waals surface area (Å²) in [6.45, 7) is 7.45. The predicted octanol–water partition coefficient (Wildman–Crippen LogP) is -0.111. The largest absolute Gasteiger partial charge is 0.352 e. The Hall–Kier alpha value is -1.78. The van der Waals surface area contributed by atoms with E-state index in [-0.39, 0.29) is 5.91 Å². The van der Waals surface area contributed by atoms with E-state index in [4.69, 9.17) is 4.79 Å². The number of hydrogen-bond acceptors (Lipinski definition) is 2. The zero-order valence-corrected chi connectivity index (χ0v) is 7.45. The van der Waals surface area contributed by atoms with Crippen LogP contribution in [0.5, 0.6) is 0 Å². The first-order valence-electron chi connectivity index (χ1n) is 3.60. The van der Waals surface area contributed by atoms with Crippen LogP contribution in [0.4, 0.5) is 4.79 Å². The van der Waals surface area contributed by atoms with E-state index in [0.29, 0.717) is 6.54 Å². The predicted molar refractivity (Wildman–Crippen MR) is 51.8 cm³/mol. The third kappa shape index (κ3) is 25.3. The number of primary amides is 2. The van der Waals surface area contributed by atoms with Crippen molar-refractivity contribution < 1.29 is 9.59 Å². The Morgan fingerprint density at radius 2 is 1.77 bits per heavy atom. The smallest absolute Gasteiger partial charge is 0.309 e. The maximum Gasteiger partial charge on any atom is 0.309 e.